The zero-order valence-electron chi connectivity index (χ0n) is 8.37. The van der Waals surface area contributed by atoms with E-state index in [9.17, 15) is 10.1 Å². The van der Waals surface area contributed by atoms with Crippen molar-refractivity contribution in [2.75, 3.05) is 0 Å². The molecule has 6 nitrogen and oxygen atoms in total. The van der Waals surface area contributed by atoms with Crippen molar-refractivity contribution in [3.05, 3.63) is 43.9 Å². The Bertz CT molecular complexity index is 546. The van der Waals surface area contributed by atoms with Crippen LogP contribution in [0.1, 0.15) is 5.01 Å². The Balaban J connectivity index is 2.11. The fourth-order valence-electron chi connectivity index (χ4n) is 1.16. The van der Waals surface area contributed by atoms with Crippen LogP contribution in [0.15, 0.2) is 24.3 Å². The van der Waals surface area contributed by atoms with E-state index in [1.54, 1.807) is 12.1 Å². The lowest BCUT2D eigenvalue weighted by molar-refractivity contribution is -0.385. The van der Waals surface area contributed by atoms with E-state index in [1.165, 1.54) is 23.5 Å². The van der Waals surface area contributed by atoms with Gasteiger partial charge in [-0.2, -0.15) is 0 Å². The van der Waals surface area contributed by atoms with Crippen LogP contribution in [-0.4, -0.2) is 15.1 Å². The third kappa shape index (κ3) is 2.89. The Kier molecular flexibility index (Phi) is 3.50. The summed E-state index contributed by atoms with van der Waals surface area (Å²) < 4.78 is 5.62. The Morgan fingerprint density at radius 1 is 1.41 bits per heavy atom. The lowest BCUT2D eigenvalue weighted by atomic mass is 10.3. The summed E-state index contributed by atoms with van der Waals surface area (Å²) in [5.74, 6) is 0.198. The first kappa shape index (κ1) is 11.7. The summed E-state index contributed by atoms with van der Waals surface area (Å²) in [6.07, 6.45) is 0. The Morgan fingerprint density at radius 3 is 2.82 bits per heavy atom. The minimum absolute atomic E-state index is 0.0805. The van der Waals surface area contributed by atoms with Crippen LogP contribution in [0.4, 0.5) is 5.69 Å². The lowest BCUT2D eigenvalue weighted by Gasteiger charge is -2.03. The van der Waals surface area contributed by atoms with Crippen molar-refractivity contribution in [1.29, 1.82) is 0 Å². The van der Waals surface area contributed by atoms with Crippen LogP contribution < -0.4 is 4.74 Å². The highest BCUT2D eigenvalue weighted by atomic mass is 35.5. The number of nitro groups is 1. The normalized spacial score (nSPS) is 10.2. The summed E-state index contributed by atoms with van der Waals surface area (Å²) in [6.45, 7) is 0.106. The molecule has 2 rings (SSSR count). The van der Waals surface area contributed by atoms with Gasteiger partial charge in [-0.05, 0) is 17.7 Å². The molecule has 0 saturated carbocycles. The van der Waals surface area contributed by atoms with E-state index < -0.39 is 4.92 Å². The van der Waals surface area contributed by atoms with Crippen molar-refractivity contribution >= 4 is 28.6 Å². The quantitative estimate of drug-likeness (QED) is 0.631. The SMILES string of the molecule is O=[N+]([O-])c1ccccc1OCc1nnc(Cl)s1. The first-order chi connectivity index (χ1) is 8.16. The van der Waals surface area contributed by atoms with Crippen molar-refractivity contribution in [2.45, 2.75) is 6.61 Å². The van der Waals surface area contributed by atoms with E-state index in [4.69, 9.17) is 16.3 Å². The van der Waals surface area contributed by atoms with E-state index in [0.29, 0.717) is 9.47 Å². The van der Waals surface area contributed by atoms with Gasteiger partial charge in [-0.15, -0.1) is 10.2 Å². The highest BCUT2D eigenvalue weighted by Gasteiger charge is 2.14. The fourth-order valence-corrected chi connectivity index (χ4v) is 1.94. The highest BCUT2D eigenvalue weighted by Crippen LogP contribution is 2.27. The van der Waals surface area contributed by atoms with Crippen LogP contribution in [0.5, 0.6) is 5.75 Å². The topological polar surface area (TPSA) is 78.2 Å². The molecule has 88 valence electrons. The van der Waals surface area contributed by atoms with Crippen LogP contribution in [0.2, 0.25) is 4.47 Å². The number of hydrogen-bond acceptors (Lipinski definition) is 6. The van der Waals surface area contributed by atoms with Crippen molar-refractivity contribution in [2.24, 2.45) is 0 Å². The molecule has 1 heterocycles. The molecule has 0 aliphatic carbocycles. The summed E-state index contributed by atoms with van der Waals surface area (Å²) in [6, 6.07) is 6.14. The molecule has 2 aromatic rings. The second-order valence-electron chi connectivity index (χ2n) is 2.96. The summed E-state index contributed by atoms with van der Waals surface area (Å²) in [4.78, 5) is 10.2. The second kappa shape index (κ2) is 5.07. The van der Waals surface area contributed by atoms with E-state index in [2.05, 4.69) is 10.2 Å². The summed E-state index contributed by atoms with van der Waals surface area (Å²) in [7, 11) is 0. The highest BCUT2D eigenvalue weighted by molar-refractivity contribution is 7.15. The predicted octanol–water partition coefficient (Wildman–Crippen LogP) is 2.68. The molecule has 1 aromatic heterocycles. The van der Waals surface area contributed by atoms with Crippen LogP contribution in [-0.2, 0) is 6.61 Å². The van der Waals surface area contributed by atoms with Crippen LogP contribution in [0.25, 0.3) is 0 Å². The molecule has 0 fully saturated rings. The third-order valence-corrected chi connectivity index (χ3v) is 2.85. The molecule has 0 aliphatic heterocycles. The minimum atomic E-state index is -0.498. The fraction of sp³-hybridized carbons (Fsp3) is 0.111. The second-order valence-corrected chi connectivity index (χ2v) is 4.61. The molecule has 0 N–H and O–H groups in total. The molecule has 0 amide bonds. The molecule has 0 spiro atoms. The molecular formula is C9H6ClN3O3S. The molecule has 0 unspecified atom stereocenters. The monoisotopic (exact) mass is 271 g/mol. The molecule has 0 atom stereocenters. The summed E-state index contributed by atoms with van der Waals surface area (Å²) in [5.41, 5.74) is -0.0805. The van der Waals surface area contributed by atoms with Gasteiger partial charge in [0.2, 0.25) is 4.47 Å². The largest absolute Gasteiger partial charge is 0.479 e. The van der Waals surface area contributed by atoms with Crippen molar-refractivity contribution in [3.63, 3.8) is 0 Å². The number of aromatic nitrogens is 2. The number of halogens is 1. The zero-order chi connectivity index (χ0) is 12.3. The maximum atomic E-state index is 10.7. The number of para-hydroxylation sites is 2. The maximum Gasteiger partial charge on any atom is 0.310 e. The first-order valence-corrected chi connectivity index (χ1v) is 5.70. The molecular weight excluding hydrogens is 266 g/mol. The van der Waals surface area contributed by atoms with Crippen molar-refractivity contribution in [3.8, 4) is 5.75 Å². The predicted molar refractivity (Wildman–Crippen MR) is 62.3 cm³/mol. The number of benzene rings is 1. The van der Waals surface area contributed by atoms with E-state index >= 15 is 0 Å². The number of ether oxygens (including phenoxy) is 1. The lowest BCUT2D eigenvalue weighted by Crippen LogP contribution is -1.98. The average molecular weight is 272 g/mol. The van der Waals surface area contributed by atoms with Gasteiger partial charge in [-0.25, -0.2) is 0 Å². The van der Waals surface area contributed by atoms with Gasteiger partial charge in [-0.1, -0.05) is 23.5 Å². The van der Waals surface area contributed by atoms with Gasteiger partial charge in [0.05, 0.1) is 4.92 Å². The van der Waals surface area contributed by atoms with Gasteiger partial charge in [0, 0.05) is 6.07 Å². The molecule has 8 heteroatoms. The van der Waals surface area contributed by atoms with Gasteiger partial charge in [0.1, 0.15) is 6.61 Å². The Morgan fingerprint density at radius 2 is 2.18 bits per heavy atom. The van der Waals surface area contributed by atoms with E-state index in [-0.39, 0.29) is 18.0 Å². The molecule has 1 aromatic carbocycles. The number of hydrogen-bond donors (Lipinski definition) is 0. The Labute approximate surface area is 105 Å². The molecule has 17 heavy (non-hydrogen) atoms. The van der Waals surface area contributed by atoms with Gasteiger partial charge < -0.3 is 4.74 Å². The molecule has 0 aliphatic rings. The van der Waals surface area contributed by atoms with Crippen LogP contribution >= 0.6 is 22.9 Å². The molecule has 0 saturated heterocycles. The van der Waals surface area contributed by atoms with Crippen molar-refractivity contribution in [1.82, 2.24) is 10.2 Å². The first-order valence-electron chi connectivity index (χ1n) is 4.51. The van der Waals surface area contributed by atoms with Crippen molar-refractivity contribution < 1.29 is 9.66 Å². The standard InChI is InChI=1S/C9H6ClN3O3S/c10-9-12-11-8(17-9)5-16-7-4-2-1-3-6(7)13(14)15/h1-4H,5H2. The van der Waals surface area contributed by atoms with E-state index in [0.717, 1.165) is 0 Å². The van der Waals surface area contributed by atoms with Gasteiger partial charge in [0.25, 0.3) is 0 Å². The number of nitro benzene ring substituents is 1. The third-order valence-electron chi connectivity index (χ3n) is 1.86. The average Bonchev–Trinajstić information content (AvgIpc) is 2.73. The summed E-state index contributed by atoms with van der Waals surface area (Å²) in [5, 5.41) is 18.6. The van der Waals surface area contributed by atoms with Crippen LogP contribution in [0.3, 0.4) is 0 Å². The zero-order valence-corrected chi connectivity index (χ0v) is 9.94. The van der Waals surface area contributed by atoms with Crippen LogP contribution in [0, 0.1) is 10.1 Å². The number of nitrogens with zero attached hydrogens (tertiary/aromatic N) is 3. The van der Waals surface area contributed by atoms with E-state index in [1.807, 2.05) is 0 Å². The van der Waals surface area contributed by atoms with Gasteiger partial charge >= 0.3 is 5.69 Å². The summed E-state index contributed by atoms with van der Waals surface area (Å²) >= 11 is 6.77. The maximum absolute atomic E-state index is 10.7. The molecule has 0 bridgehead atoms. The smallest absolute Gasteiger partial charge is 0.310 e. The van der Waals surface area contributed by atoms with Gasteiger partial charge in [0.15, 0.2) is 10.8 Å². The number of rotatable bonds is 4. The van der Waals surface area contributed by atoms with Gasteiger partial charge in [-0.3, -0.25) is 10.1 Å². The minimum Gasteiger partial charge on any atom is -0.479 e. The molecule has 0 radical (unpaired) electrons. The Hall–Kier alpha value is -1.73.